The summed E-state index contributed by atoms with van der Waals surface area (Å²) in [5, 5.41) is 5.23. The van der Waals surface area contributed by atoms with Gasteiger partial charge in [-0.25, -0.2) is 0 Å². The van der Waals surface area contributed by atoms with Gasteiger partial charge in [-0.1, -0.05) is 6.07 Å². The molecular weight excluding hydrogens is 256 g/mol. The van der Waals surface area contributed by atoms with Crippen LogP contribution in [0.3, 0.4) is 0 Å². The zero-order chi connectivity index (χ0) is 13.7. The first-order valence-corrected chi connectivity index (χ1v) is 7.52. The molecule has 0 amide bonds. The molecule has 2 rings (SSSR count). The molecule has 19 heavy (non-hydrogen) atoms. The number of likely N-dealkylation sites (N-methyl/N-ethyl adjacent to an activating group) is 1. The van der Waals surface area contributed by atoms with Crippen molar-refractivity contribution in [2.45, 2.75) is 32.5 Å². The second-order valence-corrected chi connectivity index (χ2v) is 5.98. The first kappa shape index (κ1) is 14.3. The van der Waals surface area contributed by atoms with Crippen molar-refractivity contribution >= 4 is 11.3 Å². The van der Waals surface area contributed by atoms with E-state index in [2.05, 4.69) is 47.8 Å². The Hall–Kier alpha value is -1.10. The lowest BCUT2D eigenvalue weighted by Crippen LogP contribution is -2.29. The predicted octanol–water partition coefficient (Wildman–Crippen LogP) is 3.12. The first-order valence-electron chi connectivity index (χ1n) is 6.64. The van der Waals surface area contributed by atoms with E-state index < -0.39 is 0 Å². The molecule has 0 aromatic carbocycles. The predicted molar refractivity (Wildman–Crippen MR) is 80.4 cm³/mol. The lowest BCUT2D eigenvalue weighted by atomic mass is 10.2. The van der Waals surface area contributed by atoms with E-state index in [4.69, 9.17) is 4.42 Å². The number of hydrogen-bond donors (Lipinski definition) is 1. The zero-order valence-electron chi connectivity index (χ0n) is 11.8. The third kappa shape index (κ3) is 4.20. The molecule has 0 radical (unpaired) electrons. The van der Waals surface area contributed by atoms with Crippen molar-refractivity contribution in [1.29, 1.82) is 0 Å². The van der Waals surface area contributed by atoms with Crippen LogP contribution in [0.25, 0.3) is 0 Å². The number of furan rings is 1. The summed E-state index contributed by atoms with van der Waals surface area (Å²) in [5.74, 6) is 2.03. The molecule has 1 N–H and O–H groups in total. The van der Waals surface area contributed by atoms with Gasteiger partial charge >= 0.3 is 0 Å². The SMILES string of the molecule is CNCc1ccc(CN(C)C(C)Cc2cccs2)o1. The summed E-state index contributed by atoms with van der Waals surface area (Å²) < 4.78 is 5.78. The molecule has 0 aliphatic heterocycles. The zero-order valence-corrected chi connectivity index (χ0v) is 12.7. The van der Waals surface area contributed by atoms with Crippen molar-refractivity contribution in [2.24, 2.45) is 0 Å². The van der Waals surface area contributed by atoms with Crippen molar-refractivity contribution in [3.8, 4) is 0 Å². The number of rotatable bonds is 7. The second kappa shape index (κ2) is 6.89. The fourth-order valence-corrected chi connectivity index (χ4v) is 2.88. The van der Waals surface area contributed by atoms with E-state index in [0.717, 1.165) is 31.0 Å². The molecular formula is C15H22N2OS. The minimum atomic E-state index is 0.511. The maximum atomic E-state index is 5.78. The highest BCUT2D eigenvalue weighted by Gasteiger charge is 2.13. The normalized spacial score (nSPS) is 13.1. The van der Waals surface area contributed by atoms with E-state index in [-0.39, 0.29) is 0 Å². The molecule has 104 valence electrons. The maximum Gasteiger partial charge on any atom is 0.118 e. The summed E-state index contributed by atoms with van der Waals surface area (Å²) >= 11 is 1.83. The van der Waals surface area contributed by atoms with E-state index in [9.17, 15) is 0 Å². The molecule has 2 heterocycles. The smallest absolute Gasteiger partial charge is 0.118 e. The van der Waals surface area contributed by atoms with Crippen molar-refractivity contribution in [3.05, 3.63) is 46.0 Å². The molecule has 3 nitrogen and oxygen atoms in total. The van der Waals surface area contributed by atoms with Crippen molar-refractivity contribution < 1.29 is 4.42 Å². The van der Waals surface area contributed by atoms with Gasteiger partial charge in [0, 0.05) is 10.9 Å². The Kier molecular flexibility index (Phi) is 5.19. The Morgan fingerprint density at radius 1 is 1.32 bits per heavy atom. The fourth-order valence-electron chi connectivity index (χ4n) is 2.05. The van der Waals surface area contributed by atoms with Gasteiger partial charge < -0.3 is 9.73 Å². The van der Waals surface area contributed by atoms with E-state index in [1.807, 2.05) is 24.5 Å². The van der Waals surface area contributed by atoms with Crippen LogP contribution in [0.5, 0.6) is 0 Å². The average molecular weight is 278 g/mol. The van der Waals surface area contributed by atoms with Gasteiger partial charge in [-0.3, -0.25) is 4.90 Å². The van der Waals surface area contributed by atoms with Crippen LogP contribution < -0.4 is 5.32 Å². The van der Waals surface area contributed by atoms with Crippen LogP contribution in [-0.2, 0) is 19.5 Å². The molecule has 2 aromatic rings. The standard InChI is InChI=1S/C15H22N2OS/c1-12(9-15-5-4-8-19-15)17(3)11-14-7-6-13(18-14)10-16-2/h4-8,12,16H,9-11H2,1-3H3. The Morgan fingerprint density at radius 3 is 2.79 bits per heavy atom. The molecule has 2 aromatic heterocycles. The summed E-state index contributed by atoms with van der Waals surface area (Å²) in [6.45, 7) is 3.90. The highest BCUT2D eigenvalue weighted by Crippen LogP contribution is 2.16. The molecule has 0 spiro atoms. The molecule has 0 fully saturated rings. The van der Waals surface area contributed by atoms with Gasteiger partial charge in [0.1, 0.15) is 11.5 Å². The van der Waals surface area contributed by atoms with Crippen LogP contribution in [0.15, 0.2) is 34.1 Å². The highest BCUT2D eigenvalue weighted by molar-refractivity contribution is 7.09. The molecule has 1 unspecified atom stereocenters. The lowest BCUT2D eigenvalue weighted by molar-refractivity contribution is 0.227. The summed E-state index contributed by atoms with van der Waals surface area (Å²) in [5.41, 5.74) is 0. The van der Waals surface area contributed by atoms with Crippen LogP contribution in [0.1, 0.15) is 23.3 Å². The third-order valence-corrected chi connectivity index (χ3v) is 4.20. The molecule has 0 aliphatic carbocycles. The van der Waals surface area contributed by atoms with Crippen LogP contribution in [-0.4, -0.2) is 25.0 Å². The number of nitrogens with one attached hydrogen (secondary N) is 1. The Labute approximate surface area is 119 Å². The van der Waals surface area contributed by atoms with E-state index in [1.54, 1.807) is 0 Å². The summed E-state index contributed by atoms with van der Waals surface area (Å²) in [7, 11) is 4.08. The number of nitrogens with zero attached hydrogens (tertiary/aromatic N) is 1. The molecule has 1 atom stereocenters. The first-order chi connectivity index (χ1) is 9.19. The van der Waals surface area contributed by atoms with Crippen molar-refractivity contribution in [2.75, 3.05) is 14.1 Å². The van der Waals surface area contributed by atoms with Crippen molar-refractivity contribution in [3.63, 3.8) is 0 Å². The van der Waals surface area contributed by atoms with Gasteiger partial charge in [0.2, 0.25) is 0 Å². The third-order valence-electron chi connectivity index (χ3n) is 3.30. The molecule has 4 heteroatoms. The van der Waals surface area contributed by atoms with Gasteiger partial charge in [-0.2, -0.15) is 0 Å². The topological polar surface area (TPSA) is 28.4 Å². The van der Waals surface area contributed by atoms with Crippen LogP contribution in [0, 0.1) is 0 Å². The van der Waals surface area contributed by atoms with Crippen LogP contribution in [0.2, 0.25) is 0 Å². The Bertz CT molecular complexity index is 478. The van der Waals surface area contributed by atoms with Gasteiger partial charge in [0.25, 0.3) is 0 Å². The van der Waals surface area contributed by atoms with Crippen molar-refractivity contribution in [1.82, 2.24) is 10.2 Å². The second-order valence-electron chi connectivity index (χ2n) is 4.95. The molecule has 0 saturated heterocycles. The minimum absolute atomic E-state index is 0.511. The van der Waals surface area contributed by atoms with Gasteiger partial charge in [-0.05, 0) is 51.0 Å². The summed E-state index contributed by atoms with van der Waals surface area (Å²) in [6.07, 6.45) is 1.10. The Morgan fingerprint density at radius 2 is 2.11 bits per heavy atom. The molecule has 0 bridgehead atoms. The fraction of sp³-hybridized carbons (Fsp3) is 0.467. The minimum Gasteiger partial charge on any atom is -0.463 e. The maximum absolute atomic E-state index is 5.78. The lowest BCUT2D eigenvalue weighted by Gasteiger charge is -2.23. The van der Waals surface area contributed by atoms with Gasteiger partial charge in [0.15, 0.2) is 0 Å². The van der Waals surface area contributed by atoms with Crippen LogP contribution >= 0.6 is 11.3 Å². The van der Waals surface area contributed by atoms with Crippen LogP contribution in [0.4, 0.5) is 0 Å². The monoisotopic (exact) mass is 278 g/mol. The molecule has 0 saturated carbocycles. The van der Waals surface area contributed by atoms with E-state index in [1.165, 1.54) is 4.88 Å². The number of thiophene rings is 1. The molecule has 0 aliphatic rings. The Balaban J connectivity index is 1.86. The van der Waals surface area contributed by atoms with E-state index >= 15 is 0 Å². The summed E-state index contributed by atoms with van der Waals surface area (Å²) in [6, 6.07) is 8.94. The average Bonchev–Trinajstić information content (AvgIpc) is 3.02. The van der Waals surface area contributed by atoms with Gasteiger partial charge in [-0.15, -0.1) is 11.3 Å². The quantitative estimate of drug-likeness (QED) is 0.843. The van der Waals surface area contributed by atoms with E-state index in [0.29, 0.717) is 6.04 Å². The highest BCUT2D eigenvalue weighted by atomic mass is 32.1. The number of hydrogen-bond acceptors (Lipinski definition) is 4. The van der Waals surface area contributed by atoms with Gasteiger partial charge in [0.05, 0.1) is 13.1 Å². The summed E-state index contributed by atoms with van der Waals surface area (Å²) in [4.78, 5) is 3.77. The largest absolute Gasteiger partial charge is 0.463 e.